The molecule has 30 heavy (non-hydrogen) atoms. The van der Waals surface area contributed by atoms with Gasteiger partial charge in [-0.3, -0.25) is 19.2 Å². The van der Waals surface area contributed by atoms with Gasteiger partial charge in [0.1, 0.15) is 10.1 Å². The molecule has 0 radical (unpaired) electrons. The minimum absolute atomic E-state index is 0.0359. The highest BCUT2D eigenvalue weighted by atomic mass is 35.5. The highest BCUT2D eigenvalue weighted by molar-refractivity contribution is 6.59. The Balaban J connectivity index is 0.000000172. The van der Waals surface area contributed by atoms with Gasteiger partial charge in [0.05, 0.1) is 14.2 Å². The number of ketones is 4. The van der Waals surface area contributed by atoms with Crippen LogP contribution in [-0.2, 0) is 9.47 Å². The van der Waals surface area contributed by atoms with E-state index in [9.17, 15) is 19.2 Å². The van der Waals surface area contributed by atoms with Crippen LogP contribution in [0.5, 0.6) is 0 Å². The summed E-state index contributed by atoms with van der Waals surface area (Å²) in [5, 5.41) is -0.397. The number of hydrogen-bond acceptors (Lipinski definition) is 6. The average molecular weight is 445 g/mol. The maximum absolute atomic E-state index is 11.9. The molecule has 4 rings (SSSR count). The van der Waals surface area contributed by atoms with E-state index in [1.807, 2.05) is 0 Å². The fourth-order valence-corrected chi connectivity index (χ4v) is 3.39. The number of hydrogen-bond donors (Lipinski definition) is 0. The molecule has 0 bridgehead atoms. The lowest BCUT2D eigenvalue weighted by molar-refractivity contribution is 0.0829. The van der Waals surface area contributed by atoms with Crippen molar-refractivity contribution in [1.29, 1.82) is 0 Å². The van der Waals surface area contributed by atoms with E-state index in [1.54, 1.807) is 48.5 Å². The van der Waals surface area contributed by atoms with Crippen molar-refractivity contribution in [2.45, 2.75) is 0 Å². The maximum Gasteiger partial charge on any atom is 0.232 e. The van der Waals surface area contributed by atoms with Crippen LogP contribution in [0.25, 0.3) is 0 Å². The van der Waals surface area contributed by atoms with Gasteiger partial charge in [-0.1, -0.05) is 71.7 Å². The zero-order valence-electron chi connectivity index (χ0n) is 15.8. The normalized spacial score (nSPS) is 15.3. The van der Waals surface area contributed by atoms with Gasteiger partial charge in [0.25, 0.3) is 0 Å². The summed E-state index contributed by atoms with van der Waals surface area (Å²) >= 11 is 11.2. The van der Waals surface area contributed by atoms with Gasteiger partial charge in [0.2, 0.25) is 34.7 Å². The number of benzene rings is 2. The van der Waals surface area contributed by atoms with Crippen LogP contribution < -0.4 is 0 Å². The Labute approximate surface area is 181 Å². The molecule has 0 aliphatic heterocycles. The van der Waals surface area contributed by atoms with Gasteiger partial charge >= 0.3 is 0 Å². The summed E-state index contributed by atoms with van der Waals surface area (Å²) < 4.78 is 9.84. The van der Waals surface area contributed by atoms with Crippen molar-refractivity contribution in [2.24, 2.45) is 0 Å². The molecule has 0 heterocycles. The Morgan fingerprint density at radius 1 is 0.533 bits per heavy atom. The standard InChI is InChI=1S/C12H10O4.C10H4Cl2O2/c1-15-11-9(13)7-5-3-4-6-8(7)10(14)12(11)16-2;11-7-8(12)10(14)6-4-2-1-3-5(6)9(7)13/h3-6H,1-2H3;1-4H. The third-order valence-corrected chi connectivity index (χ3v) is 5.27. The second kappa shape index (κ2) is 8.65. The smallest absolute Gasteiger partial charge is 0.232 e. The Morgan fingerprint density at radius 3 is 1.07 bits per heavy atom. The van der Waals surface area contributed by atoms with E-state index in [4.69, 9.17) is 32.7 Å². The van der Waals surface area contributed by atoms with Crippen LogP contribution in [0.3, 0.4) is 0 Å². The van der Waals surface area contributed by atoms with Crippen LogP contribution in [0.15, 0.2) is 70.1 Å². The molecule has 0 unspecified atom stereocenters. The third-order valence-electron chi connectivity index (χ3n) is 4.45. The quantitative estimate of drug-likeness (QED) is 0.684. The molecule has 8 heteroatoms. The van der Waals surface area contributed by atoms with E-state index in [2.05, 4.69) is 0 Å². The Hall–Kier alpha value is -3.22. The fourth-order valence-electron chi connectivity index (χ4n) is 3.02. The van der Waals surface area contributed by atoms with E-state index in [0.717, 1.165) is 0 Å². The van der Waals surface area contributed by atoms with Crippen LogP contribution in [-0.4, -0.2) is 37.4 Å². The third kappa shape index (κ3) is 3.56. The molecule has 0 aromatic heterocycles. The number of carbonyl (C=O) groups excluding carboxylic acids is 4. The van der Waals surface area contributed by atoms with Gasteiger partial charge in [-0.25, -0.2) is 0 Å². The first-order valence-electron chi connectivity index (χ1n) is 8.57. The Kier molecular flexibility index (Phi) is 6.20. The Morgan fingerprint density at radius 2 is 0.800 bits per heavy atom. The number of methoxy groups -OCH3 is 2. The molecular weight excluding hydrogens is 431 g/mol. The highest BCUT2D eigenvalue weighted by Crippen LogP contribution is 2.30. The van der Waals surface area contributed by atoms with Gasteiger partial charge in [-0.15, -0.1) is 0 Å². The summed E-state index contributed by atoms with van der Waals surface area (Å²) in [6, 6.07) is 13.1. The number of fused-ring (bicyclic) bond motifs is 2. The predicted octanol–water partition coefficient (Wildman–Crippen LogP) is 4.32. The number of carbonyl (C=O) groups is 4. The molecule has 2 aromatic rings. The van der Waals surface area contributed by atoms with E-state index < -0.39 is 11.6 Å². The molecule has 0 N–H and O–H groups in total. The van der Waals surface area contributed by atoms with Crippen molar-refractivity contribution in [3.8, 4) is 0 Å². The van der Waals surface area contributed by atoms with Crippen LogP contribution in [0.1, 0.15) is 41.4 Å². The van der Waals surface area contributed by atoms with Crippen molar-refractivity contribution >= 4 is 46.3 Å². The van der Waals surface area contributed by atoms with E-state index >= 15 is 0 Å². The molecule has 152 valence electrons. The fraction of sp³-hybridized carbons (Fsp3) is 0.0909. The zero-order valence-corrected chi connectivity index (χ0v) is 17.3. The number of ether oxygens (including phenoxy) is 2. The summed E-state index contributed by atoms with van der Waals surface area (Å²) in [4.78, 5) is 47.0. The number of halogens is 2. The van der Waals surface area contributed by atoms with E-state index in [0.29, 0.717) is 22.3 Å². The van der Waals surface area contributed by atoms with Crippen molar-refractivity contribution in [2.75, 3.05) is 14.2 Å². The second-order valence-electron chi connectivity index (χ2n) is 6.10. The summed E-state index contributed by atoms with van der Waals surface area (Å²) in [5.41, 5.74) is 1.33. The lowest BCUT2D eigenvalue weighted by Gasteiger charge is -2.18. The maximum atomic E-state index is 11.9. The molecule has 6 nitrogen and oxygen atoms in total. The van der Waals surface area contributed by atoms with Crippen LogP contribution in [0.2, 0.25) is 0 Å². The lowest BCUT2D eigenvalue weighted by Crippen LogP contribution is -2.23. The average Bonchev–Trinajstić information content (AvgIpc) is 2.78. The Bertz CT molecular complexity index is 1070. The summed E-state index contributed by atoms with van der Waals surface area (Å²) in [5.74, 6) is -1.51. The molecule has 2 aliphatic rings. The van der Waals surface area contributed by atoms with Gasteiger partial charge in [-0.05, 0) is 0 Å². The van der Waals surface area contributed by atoms with Crippen LogP contribution in [0.4, 0.5) is 0 Å². The highest BCUT2D eigenvalue weighted by Gasteiger charge is 2.34. The molecular formula is C22H14Cl2O6. The number of Topliss-reactive ketones (excluding diaryl/α,β-unsaturated/α-hetero) is 4. The number of rotatable bonds is 2. The first kappa shape index (κ1) is 21.5. The molecule has 0 saturated carbocycles. The largest absolute Gasteiger partial charge is 0.489 e. The SMILES string of the molecule is COC1=C(OC)C(=O)c2ccccc2C1=O.O=C1C(Cl)=C(Cl)C(=O)c2ccccc21. The molecule has 2 aromatic carbocycles. The summed E-state index contributed by atoms with van der Waals surface area (Å²) in [7, 11) is 2.68. The summed E-state index contributed by atoms with van der Waals surface area (Å²) in [6.45, 7) is 0. The summed E-state index contributed by atoms with van der Waals surface area (Å²) in [6.07, 6.45) is 0. The van der Waals surface area contributed by atoms with Crippen LogP contribution >= 0.6 is 23.2 Å². The molecule has 2 aliphatic carbocycles. The minimum Gasteiger partial charge on any atom is -0.489 e. The minimum atomic E-state index is -0.396. The molecule has 0 fully saturated rings. The molecule has 0 atom stereocenters. The molecule has 0 spiro atoms. The van der Waals surface area contributed by atoms with Crippen molar-refractivity contribution in [3.05, 3.63) is 92.4 Å². The number of allylic oxidation sites excluding steroid dienone is 4. The van der Waals surface area contributed by atoms with Crippen molar-refractivity contribution in [1.82, 2.24) is 0 Å². The lowest BCUT2D eigenvalue weighted by atomic mass is 9.92. The van der Waals surface area contributed by atoms with Gasteiger partial charge in [0, 0.05) is 22.3 Å². The predicted molar refractivity (Wildman–Crippen MR) is 110 cm³/mol. The first-order valence-corrected chi connectivity index (χ1v) is 9.33. The van der Waals surface area contributed by atoms with E-state index in [-0.39, 0.29) is 33.1 Å². The van der Waals surface area contributed by atoms with Gasteiger partial charge in [0.15, 0.2) is 0 Å². The van der Waals surface area contributed by atoms with Gasteiger partial charge < -0.3 is 9.47 Å². The van der Waals surface area contributed by atoms with E-state index in [1.165, 1.54) is 14.2 Å². The zero-order chi connectivity index (χ0) is 22.0. The topological polar surface area (TPSA) is 86.7 Å². The molecule has 0 saturated heterocycles. The molecule has 0 amide bonds. The van der Waals surface area contributed by atoms with Crippen LogP contribution in [0, 0.1) is 0 Å². The first-order chi connectivity index (χ1) is 14.3. The monoisotopic (exact) mass is 444 g/mol. The van der Waals surface area contributed by atoms with Gasteiger partial charge in [-0.2, -0.15) is 0 Å². The van der Waals surface area contributed by atoms with Crippen molar-refractivity contribution < 1.29 is 28.7 Å². The van der Waals surface area contributed by atoms with Crippen molar-refractivity contribution in [3.63, 3.8) is 0 Å². The second-order valence-corrected chi connectivity index (χ2v) is 6.86.